The molecule has 0 fully saturated rings. The van der Waals surface area contributed by atoms with Crippen molar-refractivity contribution in [3.63, 3.8) is 0 Å². The van der Waals surface area contributed by atoms with Gasteiger partial charge in [-0.3, -0.25) is 4.79 Å². The second kappa shape index (κ2) is 9.75. The van der Waals surface area contributed by atoms with E-state index in [2.05, 4.69) is 20.4 Å². The van der Waals surface area contributed by atoms with Gasteiger partial charge in [-0.2, -0.15) is 9.78 Å². The zero-order chi connectivity index (χ0) is 25.1. The van der Waals surface area contributed by atoms with Crippen LogP contribution in [0, 0.1) is 0 Å². The van der Waals surface area contributed by atoms with Gasteiger partial charge in [0.15, 0.2) is 5.65 Å². The van der Waals surface area contributed by atoms with Crippen LogP contribution in [-0.4, -0.2) is 45.5 Å². The zero-order valence-corrected chi connectivity index (χ0v) is 19.5. The molecule has 2 aromatic heterocycles. The van der Waals surface area contributed by atoms with Crippen molar-refractivity contribution >= 4 is 40.1 Å². The van der Waals surface area contributed by atoms with E-state index in [4.69, 9.17) is 10.5 Å². The Morgan fingerprint density at radius 3 is 2.56 bits per heavy atom. The minimum atomic E-state index is -0.359. The Bertz CT molecular complexity index is 1590. The number of methoxy groups -OCH3 is 1. The predicted molar refractivity (Wildman–Crippen MR) is 140 cm³/mol. The molecule has 0 bridgehead atoms. The normalized spacial score (nSPS) is 11.4. The third kappa shape index (κ3) is 4.54. The fourth-order valence-electron chi connectivity index (χ4n) is 3.92. The number of phenols is 1. The summed E-state index contributed by atoms with van der Waals surface area (Å²) in [7, 11) is 1.62. The summed E-state index contributed by atoms with van der Waals surface area (Å²) in [5.74, 6) is 0.660. The van der Waals surface area contributed by atoms with Crippen molar-refractivity contribution in [2.45, 2.75) is 6.42 Å². The molecule has 3 aromatic carbocycles. The fraction of sp³-hybridized carbons (Fsp3) is 0.111. The molecule has 1 amide bonds. The minimum absolute atomic E-state index is 0.118. The van der Waals surface area contributed by atoms with Crippen molar-refractivity contribution < 1.29 is 14.6 Å². The van der Waals surface area contributed by atoms with Crippen LogP contribution in [0.15, 0.2) is 77.9 Å². The molecule has 0 aliphatic carbocycles. The Morgan fingerprint density at radius 1 is 1.08 bits per heavy atom. The molecule has 5 aromatic rings. The van der Waals surface area contributed by atoms with E-state index in [1.165, 1.54) is 10.9 Å². The number of nitrogens with zero attached hydrogens (tertiary/aromatic N) is 4. The van der Waals surface area contributed by atoms with Gasteiger partial charge < -0.3 is 20.9 Å². The molecule has 180 valence electrons. The molecule has 0 unspecified atom stereocenters. The molecule has 9 nitrogen and oxygen atoms in total. The van der Waals surface area contributed by atoms with Crippen LogP contribution in [0.1, 0.15) is 21.5 Å². The van der Waals surface area contributed by atoms with Gasteiger partial charge in [-0.25, -0.2) is 9.97 Å². The van der Waals surface area contributed by atoms with Gasteiger partial charge in [0.25, 0.3) is 5.91 Å². The Morgan fingerprint density at radius 2 is 1.83 bits per heavy atom. The first-order valence-electron chi connectivity index (χ1n) is 11.3. The number of para-hydroxylation sites is 2. The molecule has 0 radical (unpaired) electrons. The lowest BCUT2D eigenvalue weighted by Crippen LogP contribution is -2.26. The lowest BCUT2D eigenvalue weighted by atomic mass is 10.1. The Hall–Kier alpha value is -4.92. The number of nitrogens with two attached hydrogens (primary N) is 1. The summed E-state index contributed by atoms with van der Waals surface area (Å²) in [5, 5.41) is 17.1. The smallest absolute Gasteiger partial charge is 0.257 e. The van der Waals surface area contributed by atoms with Crippen molar-refractivity contribution in [2.75, 3.05) is 19.4 Å². The van der Waals surface area contributed by atoms with Crippen LogP contribution in [-0.2, 0) is 6.42 Å². The lowest BCUT2D eigenvalue weighted by Gasteiger charge is -2.06. The number of aromatic nitrogens is 3. The van der Waals surface area contributed by atoms with E-state index in [0.29, 0.717) is 40.7 Å². The average molecular weight is 481 g/mol. The van der Waals surface area contributed by atoms with Crippen LogP contribution < -0.4 is 15.8 Å². The van der Waals surface area contributed by atoms with Crippen LogP contribution in [0.2, 0.25) is 0 Å². The standard InChI is InChI=1S/C27H24N6O3/c1-36-20-11-9-17(10-12-20)13-14-29-27(35)23-24-26(32-22-8-3-2-7-21(22)31-24)33(25(23)28)30-16-18-5-4-6-19(34)15-18/h2-12,15-16,34H,13-14,28H2,1H3,(H,29,35)/b30-16+. The van der Waals surface area contributed by atoms with Gasteiger partial charge in [-0.15, -0.1) is 0 Å². The number of ether oxygens (including phenoxy) is 1. The van der Waals surface area contributed by atoms with Crippen LogP contribution in [0.5, 0.6) is 11.5 Å². The molecule has 5 rings (SSSR count). The Kier molecular flexibility index (Phi) is 6.19. The molecule has 0 spiro atoms. The van der Waals surface area contributed by atoms with Gasteiger partial charge in [-0.1, -0.05) is 36.4 Å². The summed E-state index contributed by atoms with van der Waals surface area (Å²) in [6.45, 7) is 0.408. The summed E-state index contributed by atoms with van der Waals surface area (Å²) < 4.78 is 6.59. The molecule has 4 N–H and O–H groups in total. The second-order valence-electron chi connectivity index (χ2n) is 8.15. The summed E-state index contributed by atoms with van der Waals surface area (Å²) in [6.07, 6.45) is 2.18. The number of nitrogen functional groups attached to an aromatic ring is 1. The molecular formula is C27H24N6O3. The summed E-state index contributed by atoms with van der Waals surface area (Å²) in [4.78, 5) is 22.6. The van der Waals surface area contributed by atoms with Gasteiger partial charge in [0, 0.05) is 6.54 Å². The SMILES string of the molecule is COc1ccc(CCNC(=O)c2c(N)n(/N=C/c3cccc(O)c3)c3nc4ccccc4nc23)cc1. The first-order chi connectivity index (χ1) is 17.5. The number of carbonyl (C=O) groups is 1. The van der Waals surface area contributed by atoms with Gasteiger partial charge in [-0.05, 0) is 53.9 Å². The van der Waals surface area contributed by atoms with E-state index in [1.54, 1.807) is 31.4 Å². The number of benzene rings is 3. The van der Waals surface area contributed by atoms with E-state index in [-0.39, 0.29) is 23.0 Å². The Balaban J connectivity index is 1.49. The second-order valence-corrected chi connectivity index (χ2v) is 8.15. The number of amides is 1. The number of fused-ring (bicyclic) bond motifs is 2. The minimum Gasteiger partial charge on any atom is -0.508 e. The summed E-state index contributed by atoms with van der Waals surface area (Å²) in [6, 6.07) is 21.7. The third-order valence-corrected chi connectivity index (χ3v) is 5.75. The highest BCUT2D eigenvalue weighted by molar-refractivity contribution is 6.10. The maximum absolute atomic E-state index is 13.3. The average Bonchev–Trinajstić information content (AvgIpc) is 3.16. The maximum Gasteiger partial charge on any atom is 0.257 e. The fourth-order valence-corrected chi connectivity index (χ4v) is 3.92. The number of hydrogen-bond donors (Lipinski definition) is 3. The van der Waals surface area contributed by atoms with E-state index < -0.39 is 0 Å². The summed E-state index contributed by atoms with van der Waals surface area (Å²) in [5.41, 5.74) is 10.4. The number of carbonyl (C=O) groups excluding carboxylic acids is 1. The van der Waals surface area contributed by atoms with Crippen LogP contribution >= 0.6 is 0 Å². The van der Waals surface area contributed by atoms with Gasteiger partial charge in [0.05, 0.1) is 24.4 Å². The quantitative estimate of drug-likeness (QED) is 0.305. The number of anilines is 1. The maximum atomic E-state index is 13.3. The predicted octanol–water partition coefficient (Wildman–Crippen LogP) is 3.74. The molecule has 2 heterocycles. The lowest BCUT2D eigenvalue weighted by molar-refractivity contribution is 0.0956. The van der Waals surface area contributed by atoms with E-state index >= 15 is 0 Å². The van der Waals surface area contributed by atoms with Gasteiger partial charge >= 0.3 is 0 Å². The first-order valence-corrected chi connectivity index (χ1v) is 11.3. The Labute approximate surface area is 206 Å². The van der Waals surface area contributed by atoms with Gasteiger partial charge in [0.2, 0.25) is 0 Å². The van der Waals surface area contributed by atoms with Crippen molar-refractivity contribution in [1.82, 2.24) is 20.0 Å². The number of aromatic hydroxyl groups is 1. The number of phenolic OH excluding ortho intramolecular Hbond substituents is 1. The van der Waals surface area contributed by atoms with Crippen molar-refractivity contribution in [3.05, 3.63) is 89.5 Å². The van der Waals surface area contributed by atoms with E-state index in [1.807, 2.05) is 48.5 Å². The van der Waals surface area contributed by atoms with Crippen LogP contribution in [0.3, 0.4) is 0 Å². The molecule has 36 heavy (non-hydrogen) atoms. The number of hydrogen-bond acceptors (Lipinski definition) is 7. The first kappa shape index (κ1) is 22.9. The molecule has 9 heteroatoms. The molecule has 0 aliphatic rings. The number of nitrogens with one attached hydrogen (secondary N) is 1. The van der Waals surface area contributed by atoms with Crippen molar-refractivity contribution in [3.8, 4) is 11.5 Å². The molecule has 0 saturated heterocycles. The van der Waals surface area contributed by atoms with Gasteiger partial charge in [0.1, 0.15) is 28.4 Å². The van der Waals surface area contributed by atoms with Crippen molar-refractivity contribution in [1.29, 1.82) is 0 Å². The highest BCUT2D eigenvalue weighted by Gasteiger charge is 2.24. The summed E-state index contributed by atoms with van der Waals surface area (Å²) >= 11 is 0. The number of rotatable bonds is 7. The van der Waals surface area contributed by atoms with Crippen LogP contribution in [0.4, 0.5) is 5.82 Å². The van der Waals surface area contributed by atoms with Crippen LogP contribution in [0.25, 0.3) is 22.2 Å². The van der Waals surface area contributed by atoms with E-state index in [0.717, 1.165) is 11.3 Å². The highest BCUT2D eigenvalue weighted by Crippen LogP contribution is 2.28. The molecule has 0 aliphatic heterocycles. The van der Waals surface area contributed by atoms with E-state index in [9.17, 15) is 9.90 Å². The third-order valence-electron chi connectivity index (χ3n) is 5.75. The molecular weight excluding hydrogens is 456 g/mol. The highest BCUT2D eigenvalue weighted by atomic mass is 16.5. The topological polar surface area (TPSA) is 128 Å². The largest absolute Gasteiger partial charge is 0.508 e. The van der Waals surface area contributed by atoms with Crippen molar-refractivity contribution in [2.24, 2.45) is 5.10 Å². The monoisotopic (exact) mass is 480 g/mol. The molecule has 0 saturated carbocycles. The molecule has 0 atom stereocenters. The zero-order valence-electron chi connectivity index (χ0n) is 19.5.